The van der Waals surface area contributed by atoms with Crippen LogP contribution < -0.4 is 11.1 Å². The summed E-state index contributed by atoms with van der Waals surface area (Å²) >= 11 is 0. The third-order valence-corrected chi connectivity index (χ3v) is 3.33. The molecule has 0 aromatic carbocycles. The van der Waals surface area contributed by atoms with E-state index in [0.29, 0.717) is 17.9 Å². The van der Waals surface area contributed by atoms with Crippen molar-refractivity contribution >= 4 is 5.91 Å². The lowest BCUT2D eigenvalue weighted by molar-refractivity contribution is -0.123. The van der Waals surface area contributed by atoms with Crippen LogP contribution in [-0.4, -0.2) is 18.0 Å². The number of rotatable bonds is 3. The molecule has 0 bridgehead atoms. The highest BCUT2D eigenvalue weighted by Gasteiger charge is 2.29. The van der Waals surface area contributed by atoms with Crippen LogP contribution in [0.5, 0.6) is 0 Å². The molecule has 0 aromatic rings. The minimum absolute atomic E-state index is 0.0141. The second-order valence-electron chi connectivity index (χ2n) is 5.48. The Morgan fingerprint density at radius 3 is 2.80 bits per heavy atom. The monoisotopic (exact) mass is 212 g/mol. The molecule has 0 saturated heterocycles. The Balaban J connectivity index is 2.41. The number of amides is 1. The van der Waals surface area contributed by atoms with Gasteiger partial charge in [0.1, 0.15) is 0 Å². The number of carbonyl (C=O) groups excluding carboxylic acids is 1. The lowest BCUT2D eigenvalue weighted by atomic mass is 9.75. The zero-order chi connectivity index (χ0) is 11.5. The predicted octanol–water partition coefficient (Wildman–Crippen LogP) is 1.81. The molecule has 3 heteroatoms. The molecule has 1 saturated carbocycles. The summed E-state index contributed by atoms with van der Waals surface area (Å²) in [6, 6.07) is -0.00566. The minimum Gasteiger partial charge on any atom is -0.352 e. The lowest BCUT2D eigenvalue weighted by Crippen LogP contribution is -2.47. The zero-order valence-electron chi connectivity index (χ0n) is 10.2. The van der Waals surface area contributed by atoms with Gasteiger partial charge in [-0.1, -0.05) is 27.2 Å². The van der Waals surface area contributed by atoms with Crippen molar-refractivity contribution in [2.45, 2.75) is 65.0 Å². The molecule has 0 aromatic heterocycles. The molecule has 0 heterocycles. The Hall–Kier alpha value is -0.570. The first-order chi connectivity index (χ1) is 6.94. The summed E-state index contributed by atoms with van der Waals surface area (Å²) in [5.41, 5.74) is 6.06. The van der Waals surface area contributed by atoms with E-state index in [9.17, 15) is 4.79 Å². The molecule has 2 atom stereocenters. The molecular weight excluding hydrogens is 188 g/mol. The van der Waals surface area contributed by atoms with Gasteiger partial charge in [0, 0.05) is 6.04 Å². The summed E-state index contributed by atoms with van der Waals surface area (Å²) in [7, 11) is 0. The van der Waals surface area contributed by atoms with Crippen molar-refractivity contribution in [3.8, 4) is 0 Å². The van der Waals surface area contributed by atoms with Crippen LogP contribution in [0, 0.1) is 5.41 Å². The van der Waals surface area contributed by atoms with Crippen molar-refractivity contribution < 1.29 is 4.79 Å². The van der Waals surface area contributed by atoms with Crippen molar-refractivity contribution in [2.75, 3.05) is 0 Å². The fourth-order valence-electron chi connectivity index (χ4n) is 2.31. The summed E-state index contributed by atoms with van der Waals surface area (Å²) in [4.78, 5) is 11.6. The van der Waals surface area contributed by atoms with Crippen molar-refractivity contribution in [1.29, 1.82) is 0 Å². The van der Waals surface area contributed by atoms with Gasteiger partial charge < -0.3 is 11.1 Å². The van der Waals surface area contributed by atoms with Crippen LogP contribution in [-0.2, 0) is 4.79 Å². The molecule has 15 heavy (non-hydrogen) atoms. The first kappa shape index (κ1) is 12.5. The van der Waals surface area contributed by atoms with Crippen LogP contribution in [0.15, 0.2) is 0 Å². The van der Waals surface area contributed by atoms with Crippen molar-refractivity contribution in [1.82, 2.24) is 5.32 Å². The van der Waals surface area contributed by atoms with E-state index in [4.69, 9.17) is 5.73 Å². The highest BCUT2D eigenvalue weighted by atomic mass is 16.2. The Morgan fingerprint density at radius 1 is 1.60 bits per heavy atom. The number of nitrogens with two attached hydrogens (primary N) is 1. The van der Waals surface area contributed by atoms with Gasteiger partial charge in [0.15, 0.2) is 0 Å². The van der Waals surface area contributed by atoms with Gasteiger partial charge in [-0.3, -0.25) is 4.79 Å². The van der Waals surface area contributed by atoms with Crippen molar-refractivity contribution in [3.63, 3.8) is 0 Å². The number of hydrogen-bond donors (Lipinski definition) is 2. The van der Waals surface area contributed by atoms with Gasteiger partial charge in [-0.05, 0) is 31.1 Å². The molecule has 1 amide bonds. The summed E-state index contributed by atoms with van der Waals surface area (Å²) in [5.74, 6) is 0.0141. The fraction of sp³-hybridized carbons (Fsp3) is 0.917. The normalized spacial score (nSPS) is 27.1. The summed E-state index contributed by atoms with van der Waals surface area (Å²) in [5, 5.41) is 3.06. The summed E-state index contributed by atoms with van der Waals surface area (Å²) in [6.45, 7) is 6.48. The molecule has 3 nitrogen and oxygen atoms in total. The van der Waals surface area contributed by atoms with Crippen molar-refractivity contribution in [3.05, 3.63) is 0 Å². The third kappa shape index (κ3) is 3.82. The van der Waals surface area contributed by atoms with Gasteiger partial charge in [0.2, 0.25) is 5.91 Å². The first-order valence-electron chi connectivity index (χ1n) is 6.00. The summed E-state index contributed by atoms with van der Waals surface area (Å²) in [6.07, 6.45) is 5.36. The Labute approximate surface area is 92.8 Å². The largest absolute Gasteiger partial charge is 0.352 e. The van der Waals surface area contributed by atoms with Crippen LogP contribution in [0.25, 0.3) is 0 Å². The maximum Gasteiger partial charge on any atom is 0.237 e. The Morgan fingerprint density at radius 2 is 2.27 bits per heavy atom. The maximum atomic E-state index is 11.6. The topological polar surface area (TPSA) is 55.1 Å². The fourth-order valence-corrected chi connectivity index (χ4v) is 2.31. The number of nitrogens with one attached hydrogen (secondary N) is 1. The smallest absolute Gasteiger partial charge is 0.237 e. The molecule has 3 N–H and O–H groups in total. The predicted molar refractivity (Wildman–Crippen MR) is 62.4 cm³/mol. The van der Waals surface area contributed by atoms with E-state index in [1.54, 1.807) is 0 Å². The van der Waals surface area contributed by atoms with E-state index in [-0.39, 0.29) is 11.9 Å². The lowest BCUT2D eigenvalue weighted by Gasteiger charge is -2.35. The highest BCUT2D eigenvalue weighted by molar-refractivity contribution is 5.81. The molecule has 0 radical (unpaired) electrons. The average molecular weight is 212 g/mol. The molecule has 1 aliphatic rings. The van der Waals surface area contributed by atoms with Gasteiger partial charge in [-0.25, -0.2) is 0 Å². The van der Waals surface area contributed by atoms with Crippen LogP contribution in [0.3, 0.4) is 0 Å². The average Bonchev–Trinajstić information content (AvgIpc) is 2.14. The minimum atomic E-state index is -0.338. The molecule has 1 aliphatic carbocycles. The second-order valence-corrected chi connectivity index (χ2v) is 5.48. The van der Waals surface area contributed by atoms with Gasteiger partial charge in [0.05, 0.1) is 6.04 Å². The van der Waals surface area contributed by atoms with Gasteiger partial charge in [-0.2, -0.15) is 0 Å². The Kier molecular flexibility index (Phi) is 4.14. The van der Waals surface area contributed by atoms with Crippen LogP contribution >= 0.6 is 0 Å². The standard InChI is InChI=1S/C12H24N2O/c1-4-10(13)11(15)14-9-6-5-7-12(2,3)8-9/h9-10H,4-8,13H2,1-3H3,(H,14,15). The first-order valence-corrected chi connectivity index (χ1v) is 6.00. The Bertz CT molecular complexity index is 226. The molecule has 1 rings (SSSR count). The molecule has 0 aliphatic heterocycles. The number of hydrogen-bond acceptors (Lipinski definition) is 2. The molecule has 1 fully saturated rings. The number of carbonyl (C=O) groups is 1. The quantitative estimate of drug-likeness (QED) is 0.749. The molecular formula is C12H24N2O. The van der Waals surface area contributed by atoms with Crippen LogP contribution in [0.2, 0.25) is 0 Å². The van der Waals surface area contributed by atoms with E-state index in [1.807, 2.05) is 6.92 Å². The van der Waals surface area contributed by atoms with Crippen LogP contribution in [0.4, 0.5) is 0 Å². The highest BCUT2D eigenvalue weighted by Crippen LogP contribution is 2.35. The van der Waals surface area contributed by atoms with Gasteiger partial charge in [0.25, 0.3) is 0 Å². The SMILES string of the molecule is CCC(N)C(=O)NC1CCCC(C)(C)C1. The van der Waals surface area contributed by atoms with E-state index in [2.05, 4.69) is 19.2 Å². The van der Waals surface area contributed by atoms with Gasteiger partial charge in [-0.15, -0.1) is 0 Å². The molecule has 88 valence electrons. The summed E-state index contributed by atoms with van der Waals surface area (Å²) < 4.78 is 0. The van der Waals surface area contributed by atoms with Crippen molar-refractivity contribution in [2.24, 2.45) is 11.1 Å². The maximum absolute atomic E-state index is 11.6. The van der Waals surface area contributed by atoms with E-state index in [0.717, 1.165) is 12.8 Å². The van der Waals surface area contributed by atoms with E-state index < -0.39 is 0 Å². The zero-order valence-corrected chi connectivity index (χ0v) is 10.2. The molecule has 0 spiro atoms. The van der Waals surface area contributed by atoms with E-state index >= 15 is 0 Å². The van der Waals surface area contributed by atoms with Crippen LogP contribution in [0.1, 0.15) is 52.9 Å². The third-order valence-electron chi connectivity index (χ3n) is 3.33. The second kappa shape index (κ2) is 4.97. The van der Waals surface area contributed by atoms with Gasteiger partial charge >= 0.3 is 0 Å². The molecule has 2 unspecified atom stereocenters. The van der Waals surface area contributed by atoms with E-state index in [1.165, 1.54) is 12.8 Å².